The van der Waals surface area contributed by atoms with Crippen LogP contribution in [0.3, 0.4) is 0 Å². The zero-order valence-electron chi connectivity index (χ0n) is 15.7. The van der Waals surface area contributed by atoms with Crippen molar-refractivity contribution in [3.05, 3.63) is 65.7 Å². The van der Waals surface area contributed by atoms with E-state index in [-0.39, 0.29) is 5.91 Å². The third-order valence-corrected chi connectivity index (χ3v) is 4.97. The van der Waals surface area contributed by atoms with Crippen LogP contribution in [-0.4, -0.2) is 44.0 Å². The van der Waals surface area contributed by atoms with Gasteiger partial charge in [0.15, 0.2) is 0 Å². The number of anilines is 1. The van der Waals surface area contributed by atoms with E-state index in [4.69, 9.17) is 0 Å². The van der Waals surface area contributed by atoms with Gasteiger partial charge in [-0.25, -0.2) is 0 Å². The molecule has 0 bridgehead atoms. The Labute approximate surface area is 156 Å². The number of amides is 1. The number of hydrogen-bond donors (Lipinski definition) is 1. The zero-order valence-corrected chi connectivity index (χ0v) is 15.7. The molecule has 0 saturated carbocycles. The third kappa shape index (κ3) is 5.33. The molecule has 1 fully saturated rings. The van der Waals surface area contributed by atoms with Crippen molar-refractivity contribution in [1.29, 1.82) is 0 Å². The maximum atomic E-state index is 12.3. The molecule has 3 rings (SSSR count). The predicted molar refractivity (Wildman–Crippen MR) is 108 cm³/mol. The first kappa shape index (κ1) is 18.5. The second-order valence-corrected chi connectivity index (χ2v) is 7.05. The van der Waals surface area contributed by atoms with E-state index in [1.54, 1.807) is 0 Å². The fraction of sp³-hybridized carbons (Fsp3) is 0.409. The molecule has 0 aliphatic carbocycles. The van der Waals surface area contributed by atoms with Crippen LogP contribution in [0.2, 0.25) is 0 Å². The molecule has 2 aromatic carbocycles. The fourth-order valence-corrected chi connectivity index (χ4v) is 3.39. The summed E-state index contributed by atoms with van der Waals surface area (Å²) in [6, 6.07) is 18.3. The molecule has 4 nitrogen and oxygen atoms in total. The Kier molecular flexibility index (Phi) is 6.67. The maximum Gasteiger partial charge on any atom is 0.251 e. The number of carbonyl (C=O) groups excluding carboxylic acids is 1. The van der Waals surface area contributed by atoms with Crippen LogP contribution in [0.4, 0.5) is 5.69 Å². The quantitative estimate of drug-likeness (QED) is 0.739. The van der Waals surface area contributed by atoms with E-state index in [1.165, 1.54) is 37.2 Å². The smallest absolute Gasteiger partial charge is 0.251 e. The minimum Gasteiger partial charge on any atom is -0.375 e. The number of likely N-dealkylation sites (tertiary alicyclic amines) is 1. The Morgan fingerprint density at radius 1 is 1.04 bits per heavy atom. The number of rotatable bonds is 8. The number of nitrogens with one attached hydrogen (secondary N) is 1. The molecule has 1 amide bonds. The normalized spacial score (nSPS) is 14.3. The first-order valence-electron chi connectivity index (χ1n) is 9.58. The molecule has 26 heavy (non-hydrogen) atoms. The summed E-state index contributed by atoms with van der Waals surface area (Å²) >= 11 is 0. The van der Waals surface area contributed by atoms with Gasteiger partial charge >= 0.3 is 0 Å². The summed E-state index contributed by atoms with van der Waals surface area (Å²) in [7, 11) is 2.08. The summed E-state index contributed by atoms with van der Waals surface area (Å²) < 4.78 is 0. The van der Waals surface area contributed by atoms with Crippen molar-refractivity contribution in [3.63, 3.8) is 0 Å². The van der Waals surface area contributed by atoms with Crippen LogP contribution in [-0.2, 0) is 6.54 Å². The van der Waals surface area contributed by atoms with Gasteiger partial charge in [-0.3, -0.25) is 9.69 Å². The van der Waals surface area contributed by atoms with Gasteiger partial charge in [0.05, 0.1) is 0 Å². The van der Waals surface area contributed by atoms with Gasteiger partial charge in [0.1, 0.15) is 0 Å². The molecule has 1 heterocycles. The molecule has 1 N–H and O–H groups in total. The van der Waals surface area contributed by atoms with Gasteiger partial charge in [-0.05, 0) is 62.2 Å². The van der Waals surface area contributed by atoms with Crippen LogP contribution in [0.5, 0.6) is 0 Å². The molecule has 1 aliphatic heterocycles. The van der Waals surface area contributed by atoms with Gasteiger partial charge in [0.2, 0.25) is 0 Å². The second kappa shape index (κ2) is 9.39. The van der Waals surface area contributed by atoms with Crippen molar-refractivity contribution < 1.29 is 4.79 Å². The lowest BCUT2D eigenvalue weighted by atomic mass is 10.1. The van der Waals surface area contributed by atoms with Gasteiger partial charge in [0.25, 0.3) is 5.91 Å². The van der Waals surface area contributed by atoms with Crippen LogP contribution < -0.4 is 10.2 Å². The third-order valence-electron chi connectivity index (χ3n) is 4.97. The molecule has 138 valence electrons. The average molecular weight is 351 g/mol. The maximum absolute atomic E-state index is 12.3. The summed E-state index contributed by atoms with van der Waals surface area (Å²) in [6.07, 6.45) is 3.53. The Hall–Kier alpha value is -2.33. The number of carbonyl (C=O) groups is 1. The van der Waals surface area contributed by atoms with Gasteiger partial charge in [-0.1, -0.05) is 30.3 Å². The second-order valence-electron chi connectivity index (χ2n) is 7.05. The van der Waals surface area contributed by atoms with Crippen molar-refractivity contribution in [3.8, 4) is 0 Å². The minimum absolute atomic E-state index is 0.0140. The molecule has 2 aromatic rings. The van der Waals surface area contributed by atoms with E-state index in [0.717, 1.165) is 25.1 Å². The first-order valence-corrected chi connectivity index (χ1v) is 9.58. The van der Waals surface area contributed by atoms with Crippen LogP contribution in [0.25, 0.3) is 0 Å². The zero-order chi connectivity index (χ0) is 18.2. The molecular formula is C22H29N3O. The van der Waals surface area contributed by atoms with Crippen LogP contribution in [0.15, 0.2) is 54.6 Å². The molecule has 1 saturated heterocycles. The average Bonchev–Trinajstić information content (AvgIpc) is 3.19. The Morgan fingerprint density at radius 2 is 1.73 bits per heavy atom. The number of benzene rings is 2. The molecule has 0 radical (unpaired) electrons. The van der Waals surface area contributed by atoms with E-state index in [9.17, 15) is 4.79 Å². The highest BCUT2D eigenvalue weighted by Gasteiger charge is 2.12. The predicted octanol–water partition coefficient (Wildman–Crippen LogP) is 3.54. The topological polar surface area (TPSA) is 35.6 Å². The van der Waals surface area contributed by atoms with E-state index >= 15 is 0 Å². The van der Waals surface area contributed by atoms with E-state index < -0.39 is 0 Å². The molecule has 0 unspecified atom stereocenters. The number of nitrogens with zero attached hydrogens (tertiary/aromatic N) is 2. The summed E-state index contributed by atoms with van der Waals surface area (Å²) in [4.78, 5) is 17.0. The highest BCUT2D eigenvalue weighted by atomic mass is 16.1. The molecular weight excluding hydrogens is 322 g/mol. The molecule has 0 aromatic heterocycles. The highest BCUT2D eigenvalue weighted by Crippen LogP contribution is 2.13. The van der Waals surface area contributed by atoms with Gasteiger partial charge in [-0.2, -0.15) is 0 Å². The van der Waals surface area contributed by atoms with Crippen molar-refractivity contribution in [2.24, 2.45) is 0 Å². The highest BCUT2D eigenvalue weighted by molar-refractivity contribution is 5.94. The van der Waals surface area contributed by atoms with E-state index in [1.807, 2.05) is 30.3 Å². The van der Waals surface area contributed by atoms with E-state index in [0.29, 0.717) is 6.54 Å². The number of para-hydroxylation sites is 1. The van der Waals surface area contributed by atoms with Crippen molar-refractivity contribution in [2.45, 2.75) is 25.8 Å². The van der Waals surface area contributed by atoms with Gasteiger partial charge < -0.3 is 10.2 Å². The summed E-state index contributed by atoms with van der Waals surface area (Å²) in [5.41, 5.74) is 3.23. The van der Waals surface area contributed by atoms with Crippen molar-refractivity contribution >= 4 is 11.6 Å². The molecule has 1 aliphatic rings. The lowest BCUT2D eigenvalue weighted by molar-refractivity contribution is 0.0953. The Balaban J connectivity index is 1.39. The van der Waals surface area contributed by atoms with Crippen molar-refractivity contribution in [1.82, 2.24) is 10.2 Å². The summed E-state index contributed by atoms with van der Waals surface area (Å²) in [5.74, 6) is 0.0140. The molecule has 4 heteroatoms. The van der Waals surface area contributed by atoms with Crippen LogP contribution in [0.1, 0.15) is 35.2 Å². The van der Waals surface area contributed by atoms with Crippen LogP contribution >= 0.6 is 0 Å². The van der Waals surface area contributed by atoms with Gasteiger partial charge in [-0.15, -0.1) is 0 Å². The lowest BCUT2D eigenvalue weighted by Crippen LogP contribution is -2.28. The van der Waals surface area contributed by atoms with Gasteiger partial charge in [0, 0.05) is 37.9 Å². The summed E-state index contributed by atoms with van der Waals surface area (Å²) in [6.45, 7) is 4.98. The fourth-order valence-electron chi connectivity index (χ4n) is 3.39. The molecule has 0 spiro atoms. The van der Waals surface area contributed by atoms with Crippen LogP contribution in [0, 0.1) is 0 Å². The summed E-state index contributed by atoms with van der Waals surface area (Å²) in [5, 5.41) is 3.02. The largest absolute Gasteiger partial charge is 0.375 e. The SMILES string of the molecule is CN(CCCNC(=O)c1ccc(CN2CCCC2)cc1)c1ccccc1. The lowest BCUT2D eigenvalue weighted by Gasteiger charge is -2.19. The van der Waals surface area contributed by atoms with Crippen molar-refractivity contribution in [2.75, 3.05) is 38.1 Å². The molecule has 0 atom stereocenters. The minimum atomic E-state index is 0.0140. The standard InChI is InChI=1S/C22H29N3O/c1-24(21-8-3-2-4-9-21)15-7-14-23-22(26)20-12-10-19(11-13-20)18-25-16-5-6-17-25/h2-4,8-13H,5-7,14-18H2,1H3,(H,23,26). The first-order chi connectivity index (χ1) is 12.7. The van der Waals surface area contributed by atoms with E-state index in [2.05, 4.69) is 46.4 Å². The Bertz CT molecular complexity index is 678. The monoisotopic (exact) mass is 351 g/mol. The Morgan fingerprint density at radius 3 is 2.42 bits per heavy atom. The number of hydrogen-bond acceptors (Lipinski definition) is 3.